The quantitative estimate of drug-likeness (QED) is 0.652. The van der Waals surface area contributed by atoms with Crippen LogP contribution >= 0.6 is 0 Å². The minimum Gasteiger partial charge on any atom is -0.466 e. The summed E-state index contributed by atoms with van der Waals surface area (Å²) in [6.07, 6.45) is 0.528. The van der Waals surface area contributed by atoms with Crippen molar-refractivity contribution in [1.82, 2.24) is 5.32 Å². The van der Waals surface area contributed by atoms with Gasteiger partial charge in [-0.2, -0.15) is 0 Å². The van der Waals surface area contributed by atoms with Gasteiger partial charge in [0.25, 0.3) is 0 Å². The molecule has 104 valence electrons. The SMILES string of the molecule is CCOC(=O)CC[C@H](NC(=O)CC)C(=O)OCC. The Morgan fingerprint density at radius 3 is 2.17 bits per heavy atom. The van der Waals surface area contributed by atoms with Crippen molar-refractivity contribution in [3.8, 4) is 0 Å². The number of amides is 1. The lowest BCUT2D eigenvalue weighted by atomic mass is 10.1. The molecule has 1 N–H and O–H groups in total. The highest BCUT2D eigenvalue weighted by molar-refractivity contribution is 5.84. The molecule has 0 radical (unpaired) electrons. The van der Waals surface area contributed by atoms with Crippen LogP contribution in [0.3, 0.4) is 0 Å². The number of rotatable bonds is 8. The molecule has 6 heteroatoms. The first-order valence-corrected chi connectivity index (χ1v) is 6.16. The Balaban J connectivity index is 4.33. The van der Waals surface area contributed by atoms with Crippen molar-refractivity contribution in [3.63, 3.8) is 0 Å². The zero-order valence-electron chi connectivity index (χ0n) is 11.2. The number of esters is 2. The van der Waals surface area contributed by atoms with Gasteiger partial charge < -0.3 is 14.8 Å². The molecular formula is C12H21NO5. The molecule has 0 saturated heterocycles. The molecule has 1 atom stereocenters. The third-order valence-corrected chi connectivity index (χ3v) is 2.17. The molecule has 0 aromatic rings. The van der Waals surface area contributed by atoms with Crippen LogP contribution in [0.4, 0.5) is 0 Å². The Hall–Kier alpha value is -1.59. The summed E-state index contributed by atoms with van der Waals surface area (Å²) < 4.78 is 9.60. The average Bonchev–Trinajstić information content (AvgIpc) is 2.34. The highest BCUT2D eigenvalue weighted by Crippen LogP contribution is 2.03. The molecule has 0 rings (SSSR count). The van der Waals surface area contributed by atoms with Crippen LogP contribution in [-0.2, 0) is 23.9 Å². The highest BCUT2D eigenvalue weighted by Gasteiger charge is 2.22. The summed E-state index contributed by atoms with van der Waals surface area (Å²) in [5, 5.41) is 2.53. The maximum absolute atomic E-state index is 11.6. The molecule has 0 bridgehead atoms. The molecule has 0 aliphatic rings. The summed E-state index contributed by atoms with van der Waals surface area (Å²) in [5.74, 6) is -1.17. The van der Waals surface area contributed by atoms with E-state index in [1.165, 1.54) is 0 Å². The van der Waals surface area contributed by atoms with E-state index >= 15 is 0 Å². The van der Waals surface area contributed by atoms with Gasteiger partial charge in [-0.3, -0.25) is 9.59 Å². The molecule has 0 aromatic heterocycles. The van der Waals surface area contributed by atoms with Gasteiger partial charge in [-0.25, -0.2) is 4.79 Å². The van der Waals surface area contributed by atoms with Gasteiger partial charge in [0.1, 0.15) is 6.04 Å². The lowest BCUT2D eigenvalue weighted by Gasteiger charge is -2.16. The second-order valence-corrected chi connectivity index (χ2v) is 3.57. The van der Waals surface area contributed by atoms with E-state index in [1.54, 1.807) is 20.8 Å². The summed E-state index contributed by atoms with van der Waals surface area (Å²) >= 11 is 0. The molecule has 1 amide bonds. The number of carbonyl (C=O) groups excluding carboxylic acids is 3. The molecule has 0 fully saturated rings. The molecule has 6 nitrogen and oxygen atoms in total. The van der Waals surface area contributed by atoms with Gasteiger partial charge >= 0.3 is 11.9 Å². The van der Waals surface area contributed by atoms with Gasteiger partial charge in [0, 0.05) is 12.8 Å². The van der Waals surface area contributed by atoms with E-state index in [1.807, 2.05) is 0 Å². The minimum absolute atomic E-state index is 0.0707. The Morgan fingerprint density at radius 1 is 1.06 bits per heavy atom. The number of hydrogen-bond acceptors (Lipinski definition) is 5. The zero-order valence-corrected chi connectivity index (χ0v) is 11.2. The topological polar surface area (TPSA) is 81.7 Å². The first kappa shape index (κ1) is 16.4. The maximum Gasteiger partial charge on any atom is 0.328 e. The molecule has 0 spiro atoms. The number of ether oxygens (including phenoxy) is 2. The first-order chi connectivity index (χ1) is 8.54. The van der Waals surface area contributed by atoms with E-state index in [4.69, 9.17) is 9.47 Å². The van der Waals surface area contributed by atoms with Crippen molar-refractivity contribution in [2.45, 2.75) is 46.1 Å². The van der Waals surface area contributed by atoms with Crippen molar-refractivity contribution in [3.05, 3.63) is 0 Å². The van der Waals surface area contributed by atoms with E-state index in [0.717, 1.165) is 0 Å². The third-order valence-electron chi connectivity index (χ3n) is 2.17. The summed E-state index contributed by atoms with van der Waals surface area (Å²) in [6.45, 7) is 5.60. The molecule has 0 unspecified atom stereocenters. The largest absolute Gasteiger partial charge is 0.466 e. The Labute approximate surface area is 107 Å². The Bertz CT molecular complexity index is 290. The molecule has 0 aliphatic heterocycles. The second-order valence-electron chi connectivity index (χ2n) is 3.57. The van der Waals surface area contributed by atoms with Gasteiger partial charge in [-0.05, 0) is 20.3 Å². The van der Waals surface area contributed by atoms with Gasteiger partial charge in [-0.1, -0.05) is 6.92 Å². The van der Waals surface area contributed by atoms with Crippen molar-refractivity contribution in [2.24, 2.45) is 0 Å². The molecule has 0 saturated carbocycles. The maximum atomic E-state index is 11.6. The lowest BCUT2D eigenvalue weighted by molar-refractivity contribution is -0.148. The summed E-state index contributed by atoms with van der Waals surface area (Å²) in [6, 6.07) is -0.790. The molecule has 0 aliphatic carbocycles. The van der Waals surface area contributed by atoms with Gasteiger partial charge in [0.2, 0.25) is 5.91 Å². The highest BCUT2D eigenvalue weighted by atomic mass is 16.5. The van der Waals surface area contributed by atoms with Crippen LogP contribution in [0.2, 0.25) is 0 Å². The fourth-order valence-corrected chi connectivity index (χ4v) is 1.28. The summed E-state index contributed by atoms with van der Waals surface area (Å²) in [5.41, 5.74) is 0. The lowest BCUT2D eigenvalue weighted by Crippen LogP contribution is -2.42. The molecular weight excluding hydrogens is 238 g/mol. The minimum atomic E-state index is -0.790. The van der Waals surface area contributed by atoms with Crippen LogP contribution in [0.25, 0.3) is 0 Å². The molecule has 18 heavy (non-hydrogen) atoms. The predicted molar refractivity (Wildman–Crippen MR) is 64.7 cm³/mol. The van der Waals surface area contributed by atoms with E-state index in [2.05, 4.69) is 5.32 Å². The Kier molecular flexibility index (Phi) is 8.61. The van der Waals surface area contributed by atoms with Crippen molar-refractivity contribution in [2.75, 3.05) is 13.2 Å². The van der Waals surface area contributed by atoms with Crippen molar-refractivity contribution < 1.29 is 23.9 Å². The summed E-state index contributed by atoms with van der Waals surface area (Å²) in [7, 11) is 0. The van der Waals surface area contributed by atoms with E-state index < -0.39 is 18.0 Å². The van der Waals surface area contributed by atoms with Crippen molar-refractivity contribution in [1.29, 1.82) is 0 Å². The van der Waals surface area contributed by atoms with Crippen LogP contribution in [0.5, 0.6) is 0 Å². The molecule has 0 heterocycles. The van der Waals surface area contributed by atoms with Crippen LogP contribution < -0.4 is 5.32 Å². The third kappa shape index (κ3) is 6.88. The van der Waals surface area contributed by atoms with Gasteiger partial charge in [0.05, 0.1) is 13.2 Å². The normalized spacial score (nSPS) is 11.5. The predicted octanol–water partition coefficient (Wildman–Crippen LogP) is 0.788. The van der Waals surface area contributed by atoms with E-state index in [0.29, 0.717) is 6.61 Å². The fraction of sp³-hybridized carbons (Fsp3) is 0.750. The fourth-order valence-electron chi connectivity index (χ4n) is 1.28. The van der Waals surface area contributed by atoms with Crippen LogP contribution in [0, 0.1) is 0 Å². The van der Waals surface area contributed by atoms with Crippen molar-refractivity contribution >= 4 is 17.8 Å². The number of hydrogen-bond donors (Lipinski definition) is 1. The summed E-state index contributed by atoms with van der Waals surface area (Å²) in [4.78, 5) is 34.0. The van der Waals surface area contributed by atoms with Crippen LogP contribution in [-0.4, -0.2) is 37.1 Å². The van der Waals surface area contributed by atoms with Crippen LogP contribution in [0.1, 0.15) is 40.0 Å². The number of nitrogens with one attached hydrogen (secondary N) is 1. The van der Waals surface area contributed by atoms with E-state index in [9.17, 15) is 14.4 Å². The van der Waals surface area contributed by atoms with Crippen LogP contribution in [0.15, 0.2) is 0 Å². The van der Waals surface area contributed by atoms with E-state index in [-0.39, 0.29) is 31.8 Å². The first-order valence-electron chi connectivity index (χ1n) is 6.16. The zero-order chi connectivity index (χ0) is 14.0. The van der Waals surface area contributed by atoms with Gasteiger partial charge in [-0.15, -0.1) is 0 Å². The monoisotopic (exact) mass is 259 g/mol. The molecule has 0 aromatic carbocycles. The average molecular weight is 259 g/mol. The standard InChI is InChI=1S/C12H21NO5/c1-4-10(14)13-9(12(16)18-6-3)7-8-11(15)17-5-2/h9H,4-8H2,1-3H3,(H,13,14)/t9-/m0/s1. The van der Waals surface area contributed by atoms with Gasteiger partial charge in [0.15, 0.2) is 0 Å². The Morgan fingerprint density at radius 2 is 1.67 bits per heavy atom. The smallest absolute Gasteiger partial charge is 0.328 e. The number of carbonyl (C=O) groups is 3. The second kappa shape index (κ2) is 9.44.